The van der Waals surface area contributed by atoms with Gasteiger partial charge in [0.05, 0.1) is 28.4 Å². The fourth-order valence-electron chi connectivity index (χ4n) is 3.10. The third-order valence-corrected chi connectivity index (χ3v) is 5.00. The molecule has 174 valence electrons. The van der Waals surface area contributed by atoms with Crippen LogP contribution in [-0.2, 0) is 0 Å². The Kier molecular flexibility index (Phi) is 9.66. The molecule has 2 aromatic carbocycles. The van der Waals surface area contributed by atoms with Crippen LogP contribution in [0.5, 0.6) is 23.0 Å². The highest BCUT2D eigenvalue weighted by Crippen LogP contribution is 2.23. The number of hydrogen-bond donors (Lipinski definition) is 2. The molecule has 0 spiro atoms. The van der Waals surface area contributed by atoms with Crippen LogP contribution in [-0.4, -0.2) is 53.3 Å². The van der Waals surface area contributed by atoms with Gasteiger partial charge in [0.1, 0.15) is 23.0 Å². The van der Waals surface area contributed by atoms with Gasteiger partial charge in [0.25, 0.3) is 11.8 Å². The van der Waals surface area contributed by atoms with Crippen LogP contribution in [0.2, 0.25) is 0 Å². The van der Waals surface area contributed by atoms with E-state index in [9.17, 15) is 9.59 Å². The monoisotopic (exact) mass is 444 g/mol. The smallest absolute Gasteiger partial charge is 0.251 e. The van der Waals surface area contributed by atoms with Crippen LogP contribution in [0.3, 0.4) is 0 Å². The summed E-state index contributed by atoms with van der Waals surface area (Å²) in [6.07, 6.45) is 1.64. The molecule has 0 radical (unpaired) electrons. The Bertz CT molecular complexity index is 871. The van der Waals surface area contributed by atoms with Crippen molar-refractivity contribution in [1.29, 1.82) is 0 Å². The predicted molar refractivity (Wildman–Crippen MR) is 122 cm³/mol. The number of ether oxygens (including phenoxy) is 4. The van der Waals surface area contributed by atoms with E-state index in [0.717, 1.165) is 12.8 Å². The highest BCUT2D eigenvalue weighted by Gasteiger charge is 2.12. The molecule has 0 saturated carbocycles. The van der Waals surface area contributed by atoms with Gasteiger partial charge in [-0.15, -0.1) is 0 Å². The Morgan fingerprint density at radius 1 is 0.719 bits per heavy atom. The zero-order valence-electron chi connectivity index (χ0n) is 19.3. The molecule has 0 heterocycles. The molecule has 8 nitrogen and oxygen atoms in total. The predicted octanol–water partition coefficient (Wildman–Crippen LogP) is 3.30. The second-order valence-electron chi connectivity index (χ2n) is 7.42. The van der Waals surface area contributed by atoms with Gasteiger partial charge in [-0.1, -0.05) is 6.92 Å². The quantitative estimate of drug-likeness (QED) is 0.488. The Morgan fingerprint density at radius 2 is 1.12 bits per heavy atom. The summed E-state index contributed by atoms with van der Waals surface area (Å²) in [6.45, 7) is 3.12. The molecule has 0 saturated heterocycles. The van der Waals surface area contributed by atoms with Gasteiger partial charge in [-0.2, -0.15) is 0 Å². The van der Waals surface area contributed by atoms with E-state index in [0.29, 0.717) is 47.2 Å². The second-order valence-corrected chi connectivity index (χ2v) is 7.42. The van der Waals surface area contributed by atoms with Crippen LogP contribution in [0.4, 0.5) is 0 Å². The molecule has 2 aromatic rings. The molecule has 2 amide bonds. The number of amides is 2. The van der Waals surface area contributed by atoms with Crippen LogP contribution in [0.15, 0.2) is 36.4 Å². The summed E-state index contributed by atoms with van der Waals surface area (Å²) >= 11 is 0. The van der Waals surface area contributed by atoms with Crippen LogP contribution < -0.4 is 29.6 Å². The number of carbonyl (C=O) groups is 2. The van der Waals surface area contributed by atoms with Gasteiger partial charge in [-0.05, 0) is 43.0 Å². The molecule has 0 bridgehead atoms. The van der Waals surface area contributed by atoms with Gasteiger partial charge < -0.3 is 29.6 Å². The van der Waals surface area contributed by atoms with Crippen molar-refractivity contribution >= 4 is 11.8 Å². The summed E-state index contributed by atoms with van der Waals surface area (Å²) in [6, 6.07) is 10.1. The number of benzene rings is 2. The Morgan fingerprint density at radius 3 is 1.53 bits per heavy atom. The van der Waals surface area contributed by atoms with Crippen molar-refractivity contribution in [3.8, 4) is 23.0 Å². The first-order valence-corrected chi connectivity index (χ1v) is 10.4. The zero-order chi connectivity index (χ0) is 23.5. The first-order chi connectivity index (χ1) is 15.4. The average Bonchev–Trinajstić information content (AvgIpc) is 2.83. The summed E-state index contributed by atoms with van der Waals surface area (Å²) in [5.41, 5.74) is 0.963. The third-order valence-electron chi connectivity index (χ3n) is 5.00. The first-order valence-electron chi connectivity index (χ1n) is 10.4. The van der Waals surface area contributed by atoms with Gasteiger partial charge in [0.15, 0.2) is 0 Å². The maximum Gasteiger partial charge on any atom is 0.251 e. The fourth-order valence-corrected chi connectivity index (χ4v) is 3.10. The molecule has 0 aromatic heterocycles. The number of carbonyl (C=O) groups excluding carboxylic acids is 2. The van der Waals surface area contributed by atoms with E-state index >= 15 is 0 Å². The molecule has 1 atom stereocenters. The molecule has 0 aliphatic heterocycles. The molecule has 1 unspecified atom stereocenters. The van der Waals surface area contributed by atoms with E-state index in [4.69, 9.17) is 18.9 Å². The molecule has 0 aliphatic carbocycles. The van der Waals surface area contributed by atoms with E-state index in [1.807, 2.05) is 0 Å². The topological polar surface area (TPSA) is 95.1 Å². The molecular formula is C24H32N2O6. The maximum atomic E-state index is 12.5. The molecule has 32 heavy (non-hydrogen) atoms. The van der Waals surface area contributed by atoms with Crippen LogP contribution in [0.1, 0.15) is 40.5 Å². The summed E-state index contributed by atoms with van der Waals surface area (Å²) in [5.74, 6) is 2.13. The SMILES string of the molecule is COc1cc(OC)cc(C(=O)NCCCC(C)CNC(=O)c2cc(OC)cc(OC)c2)c1. The lowest BCUT2D eigenvalue weighted by atomic mass is 10.1. The van der Waals surface area contributed by atoms with Crippen molar-refractivity contribution in [3.63, 3.8) is 0 Å². The maximum absolute atomic E-state index is 12.5. The highest BCUT2D eigenvalue weighted by molar-refractivity contribution is 5.95. The van der Waals surface area contributed by atoms with Crippen molar-refractivity contribution in [2.24, 2.45) is 5.92 Å². The molecule has 0 aliphatic rings. The molecule has 0 fully saturated rings. The van der Waals surface area contributed by atoms with Crippen LogP contribution >= 0.6 is 0 Å². The van der Waals surface area contributed by atoms with E-state index in [1.165, 1.54) is 0 Å². The third kappa shape index (κ3) is 7.37. The average molecular weight is 445 g/mol. The summed E-state index contributed by atoms with van der Waals surface area (Å²) < 4.78 is 20.8. The fraction of sp³-hybridized carbons (Fsp3) is 0.417. The molecule has 2 N–H and O–H groups in total. The van der Waals surface area contributed by atoms with Gasteiger partial charge >= 0.3 is 0 Å². The summed E-state index contributed by atoms with van der Waals surface area (Å²) in [7, 11) is 6.17. The van der Waals surface area contributed by atoms with Gasteiger partial charge in [-0.3, -0.25) is 9.59 Å². The lowest BCUT2D eigenvalue weighted by Crippen LogP contribution is -2.29. The number of nitrogens with one attached hydrogen (secondary N) is 2. The van der Waals surface area contributed by atoms with Crippen molar-refractivity contribution < 1.29 is 28.5 Å². The minimum Gasteiger partial charge on any atom is -0.497 e. The lowest BCUT2D eigenvalue weighted by molar-refractivity contribution is 0.0944. The Labute approximate surface area is 189 Å². The van der Waals surface area contributed by atoms with E-state index in [1.54, 1.807) is 64.8 Å². The largest absolute Gasteiger partial charge is 0.497 e. The minimum atomic E-state index is -0.186. The van der Waals surface area contributed by atoms with Gasteiger partial charge in [-0.25, -0.2) is 0 Å². The summed E-state index contributed by atoms with van der Waals surface area (Å²) in [4.78, 5) is 24.9. The molecule has 2 rings (SSSR count). The zero-order valence-corrected chi connectivity index (χ0v) is 19.3. The Balaban J connectivity index is 1.76. The Hall–Kier alpha value is -3.42. The number of methoxy groups -OCH3 is 4. The van der Waals surface area contributed by atoms with Crippen molar-refractivity contribution in [2.45, 2.75) is 19.8 Å². The normalized spacial score (nSPS) is 11.3. The highest BCUT2D eigenvalue weighted by atomic mass is 16.5. The van der Waals surface area contributed by atoms with E-state index < -0.39 is 0 Å². The van der Waals surface area contributed by atoms with Crippen LogP contribution in [0.25, 0.3) is 0 Å². The summed E-state index contributed by atoms with van der Waals surface area (Å²) in [5, 5.41) is 5.84. The van der Waals surface area contributed by atoms with Crippen molar-refractivity contribution in [1.82, 2.24) is 10.6 Å². The molecule has 8 heteroatoms. The number of hydrogen-bond acceptors (Lipinski definition) is 6. The van der Waals surface area contributed by atoms with Crippen LogP contribution in [0, 0.1) is 5.92 Å². The van der Waals surface area contributed by atoms with E-state index in [2.05, 4.69) is 17.6 Å². The van der Waals surface area contributed by atoms with Crippen molar-refractivity contribution in [2.75, 3.05) is 41.5 Å². The second kappa shape index (κ2) is 12.4. The van der Waals surface area contributed by atoms with Crippen molar-refractivity contribution in [3.05, 3.63) is 47.5 Å². The number of rotatable bonds is 12. The minimum absolute atomic E-state index is 0.185. The first kappa shape index (κ1) is 24.8. The standard InChI is InChI=1S/C24H32N2O6/c1-16(15-26-24(28)18-11-21(31-4)14-22(12-18)32-5)7-6-8-25-23(27)17-9-19(29-2)13-20(10-17)30-3/h9-14,16H,6-8,15H2,1-5H3,(H,25,27)(H,26,28). The van der Waals surface area contributed by atoms with Gasteiger partial charge in [0.2, 0.25) is 0 Å². The van der Waals surface area contributed by atoms with E-state index in [-0.39, 0.29) is 17.7 Å². The lowest BCUT2D eigenvalue weighted by Gasteiger charge is -2.14. The van der Waals surface area contributed by atoms with Gasteiger partial charge in [0, 0.05) is 36.3 Å². The molecular weight excluding hydrogens is 412 g/mol.